The number of carbonyl (C=O) groups excluding carboxylic acids is 1. The Bertz CT molecular complexity index is 655. The number of carbonyl (C=O) groups is 1. The molecule has 21 heavy (non-hydrogen) atoms. The van der Waals surface area contributed by atoms with Crippen LogP contribution in [-0.4, -0.2) is 40.7 Å². The van der Waals surface area contributed by atoms with E-state index in [2.05, 4.69) is 15.6 Å². The van der Waals surface area contributed by atoms with Crippen molar-refractivity contribution in [3.63, 3.8) is 0 Å². The van der Waals surface area contributed by atoms with E-state index in [0.29, 0.717) is 43.5 Å². The fourth-order valence-corrected chi connectivity index (χ4v) is 1.96. The number of hydrogen-bond acceptors (Lipinski definition) is 6. The van der Waals surface area contributed by atoms with Crippen molar-refractivity contribution in [1.82, 2.24) is 15.0 Å². The summed E-state index contributed by atoms with van der Waals surface area (Å²) in [7, 11) is 0. The smallest absolute Gasteiger partial charge is 0.277 e. The van der Waals surface area contributed by atoms with Crippen molar-refractivity contribution in [1.29, 1.82) is 0 Å². The maximum Gasteiger partial charge on any atom is 0.277 e. The Hall–Kier alpha value is -2.61. The standard InChI is InChI=1S/C13H15N5O3/c14-3-4-18-8-10(16-17-18)13(19)15-9-1-2-11-12(7-9)21-6-5-20-11/h1-2,7-8H,3-6,14H2,(H,15,19). The molecular weight excluding hydrogens is 274 g/mol. The first-order valence-corrected chi connectivity index (χ1v) is 6.57. The van der Waals surface area contributed by atoms with Gasteiger partial charge in [-0.3, -0.25) is 9.48 Å². The molecule has 110 valence electrons. The topological polar surface area (TPSA) is 104 Å². The third-order valence-corrected chi connectivity index (χ3v) is 2.93. The number of rotatable bonds is 4. The summed E-state index contributed by atoms with van der Waals surface area (Å²) >= 11 is 0. The van der Waals surface area contributed by atoms with Gasteiger partial charge in [-0.25, -0.2) is 0 Å². The molecule has 0 atom stereocenters. The molecular formula is C13H15N5O3. The predicted octanol–water partition coefficient (Wildman–Crippen LogP) is 0.260. The number of benzene rings is 1. The summed E-state index contributed by atoms with van der Waals surface area (Å²) in [6, 6.07) is 5.22. The molecule has 0 saturated carbocycles. The molecule has 1 aromatic heterocycles. The maximum absolute atomic E-state index is 12.1. The fourth-order valence-electron chi connectivity index (χ4n) is 1.96. The van der Waals surface area contributed by atoms with Crippen LogP contribution in [0.15, 0.2) is 24.4 Å². The molecule has 2 aromatic rings. The number of ether oxygens (including phenoxy) is 2. The van der Waals surface area contributed by atoms with E-state index in [0.717, 1.165) is 0 Å². The summed E-state index contributed by atoms with van der Waals surface area (Å²) in [6.07, 6.45) is 1.56. The van der Waals surface area contributed by atoms with Crippen molar-refractivity contribution in [3.05, 3.63) is 30.1 Å². The molecule has 0 aliphatic carbocycles. The van der Waals surface area contributed by atoms with Gasteiger partial charge in [0.1, 0.15) is 13.2 Å². The van der Waals surface area contributed by atoms with Gasteiger partial charge >= 0.3 is 0 Å². The summed E-state index contributed by atoms with van der Waals surface area (Å²) in [5.74, 6) is 0.953. The average Bonchev–Trinajstić information content (AvgIpc) is 2.96. The quantitative estimate of drug-likeness (QED) is 0.836. The van der Waals surface area contributed by atoms with Crippen molar-refractivity contribution < 1.29 is 14.3 Å². The normalized spacial score (nSPS) is 13.0. The van der Waals surface area contributed by atoms with Crippen molar-refractivity contribution >= 4 is 11.6 Å². The summed E-state index contributed by atoms with van der Waals surface area (Å²) in [4.78, 5) is 12.1. The highest BCUT2D eigenvalue weighted by molar-refractivity contribution is 6.02. The summed E-state index contributed by atoms with van der Waals surface area (Å²) in [5.41, 5.74) is 6.26. The van der Waals surface area contributed by atoms with E-state index in [1.165, 1.54) is 4.68 Å². The first kappa shape index (κ1) is 13.4. The Balaban J connectivity index is 1.71. The SMILES string of the molecule is NCCn1cc(C(=O)Nc2ccc3c(c2)OCCO3)nn1. The van der Waals surface area contributed by atoms with E-state index >= 15 is 0 Å². The number of nitrogens with two attached hydrogens (primary N) is 1. The van der Waals surface area contributed by atoms with E-state index in [1.807, 2.05) is 0 Å². The van der Waals surface area contributed by atoms with Crippen LogP contribution in [0.5, 0.6) is 11.5 Å². The molecule has 1 aromatic carbocycles. The van der Waals surface area contributed by atoms with Gasteiger partial charge in [0.2, 0.25) is 0 Å². The third-order valence-electron chi connectivity index (χ3n) is 2.93. The zero-order valence-electron chi connectivity index (χ0n) is 11.3. The van der Waals surface area contributed by atoms with Crippen LogP contribution >= 0.6 is 0 Å². The van der Waals surface area contributed by atoms with E-state index < -0.39 is 0 Å². The molecule has 8 heteroatoms. The van der Waals surface area contributed by atoms with E-state index in [-0.39, 0.29) is 11.6 Å². The number of anilines is 1. The zero-order valence-corrected chi connectivity index (χ0v) is 11.3. The summed E-state index contributed by atoms with van der Waals surface area (Å²) in [6.45, 7) is 1.98. The minimum atomic E-state index is -0.338. The molecule has 3 N–H and O–H groups in total. The number of nitrogens with one attached hydrogen (secondary N) is 1. The van der Waals surface area contributed by atoms with Crippen LogP contribution in [0.25, 0.3) is 0 Å². The number of fused-ring (bicyclic) bond motifs is 1. The molecule has 8 nitrogen and oxygen atoms in total. The van der Waals surface area contributed by atoms with Gasteiger partial charge in [0.05, 0.1) is 12.7 Å². The lowest BCUT2D eigenvalue weighted by molar-refractivity contribution is 0.102. The third kappa shape index (κ3) is 2.95. The Morgan fingerprint density at radius 1 is 1.33 bits per heavy atom. The van der Waals surface area contributed by atoms with E-state index in [1.54, 1.807) is 24.4 Å². The first-order valence-electron chi connectivity index (χ1n) is 6.57. The summed E-state index contributed by atoms with van der Waals surface area (Å²) in [5, 5.41) is 10.4. The molecule has 0 unspecified atom stereocenters. The highest BCUT2D eigenvalue weighted by Gasteiger charge is 2.15. The van der Waals surface area contributed by atoms with Crippen molar-refractivity contribution in [2.75, 3.05) is 25.1 Å². The second-order valence-corrected chi connectivity index (χ2v) is 4.47. The van der Waals surface area contributed by atoms with E-state index in [9.17, 15) is 4.79 Å². The lowest BCUT2D eigenvalue weighted by Gasteiger charge is -2.18. The van der Waals surface area contributed by atoms with Crippen LogP contribution in [0.1, 0.15) is 10.5 Å². The Morgan fingerprint density at radius 3 is 2.95 bits per heavy atom. The van der Waals surface area contributed by atoms with Crippen LogP contribution in [-0.2, 0) is 6.54 Å². The van der Waals surface area contributed by atoms with E-state index in [4.69, 9.17) is 15.2 Å². The Kier molecular flexibility index (Phi) is 3.69. The number of hydrogen-bond donors (Lipinski definition) is 2. The van der Waals surface area contributed by atoms with Gasteiger partial charge < -0.3 is 20.5 Å². The van der Waals surface area contributed by atoms with Gasteiger partial charge in [0.15, 0.2) is 17.2 Å². The number of amides is 1. The van der Waals surface area contributed by atoms with Gasteiger partial charge in [-0.15, -0.1) is 5.10 Å². The van der Waals surface area contributed by atoms with Crippen LogP contribution in [0, 0.1) is 0 Å². The fraction of sp³-hybridized carbons (Fsp3) is 0.308. The molecule has 1 amide bonds. The number of nitrogens with zero attached hydrogens (tertiary/aromatic N) is 3. The maximum atomic E-state index is 12.1. The van der Waals surface area contributed by atoms with Gasteiger partial charge in [0.25, 0.3) is 5.91 Å². The Morgan fingerprint density at radius 2 is 2.14 bits per heavy atom. The predicted molar refractivity (Wildman–Crippen MR) is 74.5 cm³/mol. The number of aromatic nitrogens is 3. The van der Waals surface area contributed by atoms with Gasteiger partial charge in [0, 0.05) is 18.3 Å². The average molecular weight is 289 g/mol. The van der Waals surface area contributed by atoms with Crippen molar-refractivity contribution in [3.8, 4) is 11.5 Å². The molecule has 0 spiro atoms. The van der Waals surface area contributed by atoms with Gasteiger partial charge in [-0.05, 0) is 12.1 Å². The molecule has 1 aliphatic heterocycles. The zero-order chi connectivity index (χ0) is 14.7. The molecule has 0 bridgehead atoms. The molecule has 2 heterocycles. The van der Waals surface area contributed by atoms with Crippen LogP contribution in [0.4, 0.5) is 5.69 Å². The monoisotopic (exact) mass is 289 g/mol. The highest BCUT2D eigenvalue weighted by Crippen LogP contribution is 2.32. The van der Waals surface area contributed by atoms with Crippen LogP contribution in [0.3, 0.4) is 0 Å². The molecule has 3 rings (SSSR count). The minimum Gasteiger partial charge on any atom is -0.486 e. The molecule has 1 aliphatic rings. The lowest BCUT2D eigenvalue weighted by Crippen LogP contribution is -2.16. The second-order valence-electron chi connectivity index (χ2n) is 4.47. The van der Waals surface area contributed by atoms with Crippen LogP contribution in [0.2, 0.25) is 0 Å². The molecule has 0 fully saturated rings. The lowest BCUT2D eigenvalue weighted by atomic mass is 10.2. The molecule has 0 saturated heterocycles. The Labute approximate surface area is 120 Å². The molecule has 0 radical (unpaired) electrons. The van der Waals surface area contributed by atoms with Gasteiger partial charge in [-0.2, -0.15) is 0 Å². The highest BCUT2D eigenvalue weighted by atomic mass is 16.6. The van der Waals surface area contributed by atoms with Crippen molar-refractivity contribution in [2.45, 2.75) is 6.54 Å². The summed E-state index contributed by atoms with van der Waals surface area (Å²) < 4.78 is 12.4. The largest absolute Gasteiger partial charge is 0.486 e. The van der Waals surface area contributed by atoms with Gasteiger partial charge in [-0.1, -0.05) is 5.21 Å². The first-order chi connectivity index (χ1) is 10.3. The second kappa shape index (κ2) is 5.80. The minimum absolute atomic E-state index is 0.235. The van der Waals surface area contributed by atoms with Crippen molar-refractivity contribution in [2.24, 2.45) is 5.73 Å². The van der Waals surface area contributed by atoms with Crippen LogP contribution < -0.4 is 20.5 Å².